The maximum Gasteiger partial charge on any atom is 0.400 e. The van der Waals surface area contributed by atoms with Crippen LogP contribution in [0.3, 0.4) is 0 Å². The monoisotopic (exact) mass is 434 g/mol. The van der Waals surface area contributed by atoms with Gasteiger partial charge in [0.2, 0.25) is 5.76 Å². The summed E-state index contributed by atoms with van der Waals surface area (Å²) in [7, 11) is 1.57. The first kappa shape index (κ1) is 20.6. The molecular weight excluding hydrogens is 419 g/mol. The minimum atomic E-state index is -0.814. The van der Waals surface area contributed by atoms with Gasteiger partial charge in [0.1, 0.15) is 23.9 Å². The Morgan fingerprint density at radius 1 is 1.10 bits per heavy atom. The molecule has 0 aliphatic rings. The number of oxime groups is 1. The molecule has 2 aromatic carbocycles. The molecule has 2 N–H and O–H groups in total. The van der Waals surface area contributed by atoms with Crippen LogP contribution >= 0.6 is 23.2 Å². The molecule has 29 heavy (non-hydrogen) atoms. The molecule has 0 aliphatic carbocycles. The number of methoxy groups -OCH3 is 1. The molecule has 150 valence electrons. The number of hydrogen-bond donors (Lipinski definition) is 1. The van der Waals surface area contributed by atoms with Gasteiger partial charge < -0.3 is 24.5 Å². The van der Waals surface area contributed by atoms with Crippen molar-refractivity contribution in [2.75, 3.05) is 7.11 Å². The van der Waals surface area contributed by atoms with E-state index < -0.39 is 5.97 Å². The molecule has 9 heteroatoms. The summed E-state index contributed by atoms with van der Waals surface area (Å²) in [6, 6.07) is 14.8. The summed E-state index contributed by atoms with van der Waals surface area (Å²) in [6.07, 6.45) is 0. The summed E-state index contributed by atoms with van der Waals surface area (Å²) in [4.78, 5) is 16.9. The molecule has 7 nitrogen and oxygen atoms in total. The minimum absolute atomic E-state index is 0.0482. The van der Waals surface area contributed by atoms with Crippen LogP contribution in [-0.2, 0) is 11.4 Å². The van der Waals surface area contributed by atoms with E-state index in [-0.39, 0.29) is 23.2 Å². The van der Waals surface area contributed by atoms with E-state index in [1.54, 1.807) is 49.6 Å². The third kappa shape index (κ3) is 5.43. The van der Waals surface area contributed by atoms with Gasteiger partial charge in [0.15, 0.2) is 5.84 Å². The van der Waals surface area contributed by atoms with Crippen LogP contribution in [0.5, 0.6) is 11.5 Å². The molecule has 1 aromatic heterocycles. The fourth-order valence-corrected chi connectivity index (χ4v) is 2.80. The highest BCUT2D eigenvalue weighted by Crippen LogP contribution is 2.22. The fraction of sp³-hybridized carbons (Fsp3) is 0.100. The lowest BCUT2D eigenvalue weighted by molar-refractivity contribution is 0.0475. The van der Waals surface area contributed by atoms with Gasteiger partial charge in [-0.1, -0.05) is 34.4 Å². The standard InChI is InChI=1S/C20H16Cl2N2O5/c1-26-13-3-2-4-14(10-13)27-11-15-6-8-18(28-15)20(25)29-24-19(23)16-7-5-12(21)9-17(16)22/h2-10H,11H2,1H3,(H2,23,24). The van der Waals surface area contributed by atoms with Crippen molar-refractivity contribution in [3.05, 3.63) is 81.7 Å². The Labute approximate surface area is 176 Å². The van der Waals surface area contributed by atoms with Gasteiger partial charge >= 0.3 is 5.97 Å². The Morgan fingerprint density at radius 3 is 2.66 bits per heavy atom. The highest BCUT2D eigenvalue weighted by Gasteiger charge is 2.15. The molecule has 0 aliphatic heterocycles. The van der Waals surface area contributed by atoms with Gasteiger partial charge in [-0.3, -0.25) is 0 Å². The number of halogens is 2. The number of carbonyl (C=O) groups is 1. The van der Waals surface area contributed by atoms with Crippen molar-refractivity contribution in [3.8, 4) is 11.5 Å². The average Bonchev–Trinajstić information content (AvgIpc) is 3.19. The normalized spacial score (nSPS) is 11.2. The summed E-state index contributed by atoms with van der Waals surface area (Å²) in [5.41, 5.74) is 6.18. The van der Waals surface area contributed by atoms with Crippen molar-refractivity contribution in [2.45, 2.75) is 6.61 Å². The summed E-state index contributed by atoms with van der Waals surface area (Å²) >= 11 is 11.9. The molecule has 3 rings (SSSR count). The van der Waals surface area contributed by atoms with E-state index in [0.29, 0.717) is 27.8 Å². The van der Waals surface area contributed by atoms with Crippen molar-refractivity contribution in [1.82, 2.24) is 0 Å². The van der Waals surface area contributed by atoms with Gasteiger partial charge in [-0.2, -0.15) is 0 Å². The maximum absolute atomic E-state index is 12.1. The fourth-order valence-electron chi connectivity index (χ4n) is 2.29. The summed E-state index contributed by atoms with van der Waals surface area (Å²) in [6.45, 7) is 0.117. The van der Waals surface area contributed by atoms with E-state index in [4.69, 9.17) is 47.7 Å². The summed E-state index contributed by atoms with van der Waals surface area (Å²) in [5, 5.41) is 4.32. The number of nitrogens with two attached hydrogens (primary N) is 1. The molecule has 0 radical (unpaired) electrons. The second-order valence-electron chi connectivity index (χ2n) is 5.71. The van der Waals surface area contributed by atoms with Crippen molar-refractivity contribution < 1.29 is 23.5 Å². The number of hydrogen-bond acceptors (Lipinski definition) is 6. The number of benzene rings is 2. The van der Waals surface area contributed by atoms with E-state index in [0.717, 1.165) is 0 Å². The van der Waals surface area contributed by atoms with Crippen LogP contribution < -0.4 is 15.2 Å². The highest BCUT2D eigenvalue weighted by molar-refractivity contribution is 6.36. The van der Waals surface area contributed by atoms with Crippen LogP contribution in [0.15, 0.2) is 64.2 Å². The van der Waals surface area contributed by atoms with Gasteiger partial charge in [0.25, 0.3) is 0 Å². The Morgan fingerprint density at radius 2 is 1.90 bits per heavy atom. The predicted octanol–water partition coefficient (Wildman–Crippen LogP) is 4.65. The zero-order valence-corrected chi connectivity index (χ0v) is 16.7. The van der Waals surface area contributed by atoms with Crippen molar-refractivity contribution >= 4 is 35.0 Å². The molecule has 0 bridgehead atoms. The third-order valence-electron chi connectivity index (χ3n) is 3.72. The molecule has 0 unspecified atom stereocenters. The molecule has 0 saturated heterocycles. The number of furan rings is 1. The molecular formula is C20H16Cl2N2O5. The topological polar surface area (TPSA) is 96.3 Å². The lowest BCUT2D eigenvalue weighted by atomic mass is 10.2. The number of amidine groups is 1. The predicted molar refractivity (Wildman–Crippen MR) is 109 cm³/mol. The average molecular weight is 435 g/mol. The smallest absolute Gasteiger partial charge is 0.400 e. The largest absolute Gasteiger partial charge is 0.497 e. The van der Waals surface area contributed by atoms with Gasteiger partial charge in [0, 0.05) is 16.7 Å². The first-order valence-electron chi connectivity index (χ1n) is 8.32. The second-order valence-corrected chi connectivity index (χ2v) is 6.56. The quantitative estimate of drug-likeness (QED) is 0.251. The van der Waals surface area contributed by atoms with Gasteiger partial charge in [-0.25, -0.2) is 4.79 Å². The van der Waals surface area contributed by atoms with Gasteiger partial charge in [-0.15, -0.1) is 0 Å². The van der Waals surface area contributed by atoms with Crippen LogP contribution in [0.1, 0.15) is 21.9 Å². The Hall–Kier alpha value is -3.16. The zero-order chi connectivity index (χ0) is 20.8. The van der Waals surface area contributed by atoms with Crippen LogP contribution in [0, 0.1) is 0 Å². The van der Waals surface area contributed by atoms with Crippen LogP contribution in [-0.4, -0.2) is 18.9 Å². The van der Waals surface area contributed by atoms with E-state index in [1.165, 1.54) is 12.1 Å². The van der Waals surface area contributed by atoms with Crippen LogP contribution in [0.25, 0.3) is 0 Å². The number of carbonyl (C=O) groups excluding carboxylic acids is 1. The summed E-state index contributed by atoms with van der Waals surface area (Å²) in [5.74, 6) is 0.758. The molecule has 0 atom stereocenters. The summed E-state index contributed by atoms with van der Waals surface area (Å²) < 4.78 is 16.2. The molecule has 0 saturated carbocycles. The number of nitrogens with zero attached hydrogens (tertiary/aromatic N) is 1. The zero-order valence-electron chi connectivity index (χ0n) is 15.2. The maximum atomic E-state index is 12.1. The molecule has 0 fully saturated rings. The second kappa shape index (κ2) is 9.36. The van der Waals surface area contributed by atoms with E-state index >= 15 is 0 Å². The molecule has 0 spiro atoms. The first-order valence-corrected chi connectivity index (χ1v) is 9.07. The lowest BCUT2D eigenvalue weighted by Gasteiger charge is -2.06. The Kier molecular flexibility index (Phi) is 6.64. The first-order chi connectivity index (χ1) is 14.0. The SMILES string of the molecule is COc1cccc(OCc2ccc(C(=O)O/N=C(\N)c3ccc(Cl)cc3Cl)o2)c1. The van der Waals surface area contributed by atoms with Crippen LogP contribution in [0.2, 0.25) is 10.0 Å². The molecule has 3 aromatic rings. The number of ether oxygens (including phenoxy) is 2. The van der Waals surface area contributed by atoms with E-state index in [9.17, 15) is 4.79 Å². The Balaban J connectivity index is 1.60. The highest BCUT2D eigenvalue weighted by atomic mass is 35.5. The molecule has 0 amide bonds. The van der Waals surface area contributed by atoms with Gasteiger partial charge in [-0.05, 0) is 42.5 Å². The van der Waals surface area contributed by atoms with Crippen molar-refractivity contribution in [1.29, 1.82) is 0 Å². The van der Waals surface area contributed by atoms with E-state index in [2.05, 4.69) is 5.16 Å². The van der Waals surface area contributed by atoms with Crippen molar-refractivity contribution in [2.24, 2.45) is 10.9 Å². The Bertz CT molecular complexity index is 1050. The van der Waals surface area contributed by atoms with Crippen LogP contribution in [0.4, 0.5) is 0 Å². The van der Waals surface area contributed by atoms with Gasteiger partial charge in [0.05, 0.1) is 12.1 Å². The lowest BCUT2D eigenvalue weighted by Crippen LogP contribution is -2.15. The van der Waals surface area contributed by atoms with E-state index in [1.807, 2.05) is 0 Å². The van der Waals surface area contributed by atoms with Crippen molar-refractivity contribution in [3.63, 3.8) is 0 Å². The third-order valence-corrected chi connectivity index (χ3v) is 4.27. The molecule has 1 heterocycles. The number of rotatable bonds is 7. The minimum Gasteiger partial charge on any atom is -0.497 e.